The zero-order valence-electron chi connectivity index (χ0n) is 23.3. The highest BCUT2D eigenvalue weighted by Crippen LogP contribution is 2.36. The first kappa shape index (κ1) is 31.5. The first-order valence-corrected chi connectivity index (χ1v) is 14.3. The predicted molar refractivity (Wildman–Crippen MR) is 144 cm³/mol. The molecule has 12 atom stereocenters. The third kappa shape index (κ3) is 7.13. The van der Waals surface area contributed by atoms with Crippen LogP contribution in [0.25, 0.3) is 0 Å². The van der Waals surface area contributed by atoms with E-state index in [4.69, 9.17) is 31.4 Å². The smallest absolute Gasteiger partial charge is 0.250 e. The fraction of sp³-hybridized carbons (Fsp3) is 0.885. The summed E-state index contributed by atoms with van der Waals surface area (Å²) in [6.07, 6.45) is -1.92. The summed E-state index contributed by atoms with van der Waals surface area (Å²) in [5.74, 6) is 0.0272. The molecular formula is C26H48N6O8. The Bertz CT molecular complexity index is 891. The molecule has 40 heavy (non-hydrogen) atoms. The Morgan fingerprint density at radius 3 is 2.62 bits per heavy atom. The van der Waals surface area contributed by atoms with Crippen LogP contribution in [0.4, 0.5) is 0 Å². The number of aliphatic hydroxyl groups is 4. The van der Waals surface area contributed by atoms with Crippen molar-refractivity contribution in [1.29, 1.82) is 0 Å². The summed E-state index contributed by atoms with van der Waals surface area (Å²) in [7, 11) is 1.60. The zero-order valence-corrected chi connectivity index (χ0v) is 23.3. The second-order valence-corrected chi connectivity index (χ2v) is 12.0. The minimum Gasteiger partial charge on any atom is -0.492 e. The van der Waals surface area contributed by atoms with Crippen molar-refractivity contribution in [2.24, 2.45) is 29.0 Å². The Labute approximate surface area is 234 Å². The molecule has 4 aliphatic rings. The average Bonchev–Trinajstić information content (AvgIpc) is 3.73. The van der Waals surface area contributed by atoms with Gasteiger partial charge in [-0.1, -0.05) is 0 Å². The summed E-state index contributed by atoms with van der Waals surface area (Å²) in [5, 5.41) is 52.3. The molecule has 1 saturated heterocycles. The van der Waals surface area contributed by atoms with E-state index in [2.05, 4.69) is 16.0 Å². The highest BCUT2D eigenvalue weighted by atomic mass is 16.7. The number of likely N-dealkylation sites (N-methyl/N-ethyl adjacent to an activating group) is 1. The van der Waals surface area contributed by atoms with Gasteiger partial charge in [-0.05, 0) is 58.2 Å². The maximum Gasteiger partial charge on any atom is 0.250 e. The molecule has 0 spiro atoms. The normalized spacial score (nSPS) is 43.0. The quantitative estimate of drug-likeness (QED) is 0.113. The fourth-order valence-electron chi connectivity index (χ4n) is 6.07. The summed E-state index contributed by atoms with van der Waals surface area (Å²) in [6, 6.07) is -2.73. The van der Waals surface area contributed by atoms with Crippen molar-refractivity contribution in [3.8, 4) is 0 Å². The van der Waals surface area contributed by atoms with E-state index in [0.717, 1.165) is 12.3 Å². The summed E-state index contributed by atoms with van der Waals surface area (Å²) < 4.78 is 18.1. The van der Waals surface area contributed by atoms with E-state index >= 15 is 0 Å². The average molecular weight is 573 g/mol. The number of hydrogen-bond donors (Lipinski definition) is 10. The number of ether oxygens (including phenoxy) is 3. The van der Waals surface area contributed by atoms with Crippen molar-refractivity contribution >= 4 is 5.91 Å². The van der Waals surface area contributed by atoms with Gasteiger partial charge in [0.15, 0.2) is 6.29 Å². The first-order chi connectivity index (χ1) is 19.0. The van der Waals surface area contributed by atoms with Gasteiger partial charge < -0.3 is 67.8 Å². The minimum atomic E-state index is -1.46. The van der Waals surface area contributed by atoms with Crippen LogP contribution in [0.1, 0.15) is 32.6 Å². The summed E-state index contributed by atoms with van der Waals surface area (Å²) in [5.41, 5.74) is 17.1. The van der Waals surface area contributed by atoms with Gasteiger partial charge in [0, 0.05) is 24.5 Å². The molecule has 13 N–H and O–H groups in total. The third-order valence-electron chi connectivity index (χ3n) is 8.57. The van der Waals surface area contributed by atoms with Crippen molar-refractivity contribution in [3.05, 3.63) is 11.8 Å². The number of nitrogens with one attached hydrogen (secondary N) is 3. The van der Waals surface area contributed by atoms with Crippen LogP contribution in [0, 0.1) is 11.8 Å². The van der Waals surface area contributed by atoms with Crippen LogP contribution < -0.4 is 33.2 Å². The van der Waals surface area contributed by atoms with Gasteiger partial charge in [-0.2, -0.15) is 0 Å². The maximum atomic E-state index is 12.6. The highest BCUT2D eigenvalue weighted by molar-refractivity contribution is 5.81. The lowest BCUT2D eigenvalue weighted by Gasteiger charge is -2.50. The summed E-state index contributed by atoms with van der Waals surface area (Å²) >= 11 is 0. The molecule has 0 aromatic carbocycles. The lowest BCUT2D eigenvalue weighted by atomic mass is 9.72. The monoisotopic (exact) mass is 572 g/mol. The number of aliphatic hydroxyl groups excluding tert-OH is 3. The van der Waals surface area contributed by atoms with E-state index in [9.17, 15) is 25.2 Å². The van der Waals surface area contributed by atoms with E-state index in [1.165, 1.54) is 19.8 Å². The topological polar surface area (TPSA) is 240 Å². The molecule has 2 saturated carbocycles. The number of nitrogens with two attached hydrogens (primary N) is 3. The van der Waals surface area contributed by atoms with E-state index < -0.39 is 78.4 Å². The van der Waals surface area contributed by atoms with Crippen molar-refractivity contribution in [1.82, 2.24) is 16.0 Å². The Hall–Kier alpha value is -1.43. The second-order valence-electron chi connectivity index (χ2n) is 12.0. The lowest BCUT2D eigenvalue weighted by Crippen LogP contribution is -2.69. The lowest BCUT2D eigenvalue weighted by molar-refractivity contribution is -0.297. The fourth-order valence-corrected chi connectivity index (χ4v) is 6.07. The molecule has 0 aromatic rings. The molecule has 2 aliphatic heterocycles. The van der Waals surface area contributed by atoms with Crippen LogP contribution >= 0.6 is 0 Å². The number of amides is 1. The summed E-state index contributed by atoms with van der Waals surface area (Å²) in [4.78, 5) is 12.6. The Morgan fingerprint density at radius 1 is 1.25 bits per heavy atom. The van der Waals surface area contributed by atoms with E-state index in [0.29, 0.717) is 18.9 Å². The molecular weight excluding hydrogens is 524 g/mol. The molecule has 1 amide bonds. The van der Waals surface area contributed by atoms with Crippen LogP contribution in [0.15, 0.2) is 11.8 Å². The van der Waals surface area contributed by atoms with Crippen LogP contribution in [-0.2, 0) is 19.0 Å². The maximum absolute atomic E-state index is 12.6. The molecule has 0 radical (unpaired) electrons. The molecule has 3 fully saturated rings. The highest BCUT2D eigenvalue weighted by Gasteiger charge is 2.53. The largest absolute Gasteiger partial charge is 0.492 e. The van der Waals surface area contributed by atoms with Gasteiger partial charge in [-0.25, -0.2) is 0 Å². The van der Waals surface area contributed by atoms with E-state index in [1.54, 1.807) is 7.05 Å². The van der Waals surface area contributed by atoms with Gasteiger partial charge in [0.1, 0.15) is 35.8 Å². The van der Waals surface area contributed by atoms with Crippen molar-refractivity contribution < 1.29 is 39.4 Å². The van der Waals surface area contributed by atoms with Crippen molar-refractivity contribution in [2.75, 3.05) is 33.3 Å². The van der Waals surface area contributed by atoms with E-state index in [-0.39, 0.29) is 19.6 Å². The van der Waals surface area contributed by atoms with Crippen LogP contribution in [0.3, 0.4) is 0 Å². The molecule has 0 aromatic heterocycles. The van der Waals surface area contributed by atoms with Crippen LogP contribution in [0.5, 0.6) is 0 Å². The standard InChI is InChI=1S/C26H48N6O8/c1-26(37)11-38-25(20(35)23(26)30-2)40-22-16(32-24(36)17(33)8-27)7-15(29)18(19(22)34)21-14(28)6-5-13(39-21)10-31-9-12-3-4-12/h5,12,14-23,25,30-31,33-35,37H,3-4,6-11,27-29H2,1-2H3,(H,32,36)/t14-,15+,16-,17-,18?,19+,20-,21+,22+,23-,25-,26+/m1/s1. The van der Waals surface area contributed by atoms with E-state index in [1.807, 2.05) is 6.08 Å². The Balaban J connectivity index is 1.52. The molecule has 14 nitrogen and oxygen atoms in total. The molecule has 0 bridgehead atoms. The predicted octanol–water partition coefficient (Wildman–Crippen LogP) is -4.06. The molecule has 2 aliphatic carbocycles. The van der Waals surface area contributed by atoms with Gasteiger partial charge >= 0.3 is 0 Å². The first-order valence-electron chi connectivity index (χ1n) is 14.3. The minimum absolute atomic E-state index is 0.145. The molecule has 2 heterocycles. The van der Waals surface area contributed by atoms with Gasteiger partial charge in [-0.3, -0.25) is 4.79 Å². The Morgan fingerprint density at radius 2 is 1.98 bits per heavy atom. The van der Waals surface area contributed by atoms with Crippen molar-refractivity contribution in [3.63, 3.8) is 0 Å². The van der Waals surface area contributed by atoms with Crippen LogP contribution in [0.2, 0.25) is 0 Å². The molecule has 4 rings (SSSR count). The molecule has 1 unspecified atom stereocenters. The Kier molecular flexibility index (Phi) is 10.4. The number of hydrogen-bond acceptors (Lipinski definition) is 13. The number of carbonyl (C=O) groups is 1. The number of rotatable bonds is 11. The van der Waals surface area contributed by atoms with Gasteiger partial charge in [0.2, 0.25) is 5.91 Å². The van der Waals surface area contributed by atoms with Gasteiger partial charge in [0.25, 0.3) is 0 Å². The van der Waals surface area contributed by atoms with Crippen LogP contribution in [-0.4, -0.2) is 126 Å². The molecule has 230 valence electrons. The third-order valence-corrected chi connectivity index (χ3v) is 8.57. The zero-order chi connectivity index (χ0) is 29.2. The SMILES string of the molecule is CN[C@@H]1[C@@H](O)[C@@H](O[C@H]2[C@H](NC(=O)[C@H](O)CN)C[C@H](N)C([C@H]3OC(CNCC4CC4)=CC[C@H]3N)[C@@H]2O)OC[C@]1(C)O. The van der Waals surface area contributed by atoms with Gasteiger partial charge in [0.05, 0.1) is 31.3 Å². The van der Waals surface area contributed by atoms with Gasteiger partial charge in [-0.15, -0.1) is 0 Å². The summed E-state index contributed by atoms with van der Waals surface area (Å²) in [6.45, 7) is 2.55. The molecule has 14 heteroatoms. The number of carbonyl (C=O) groups excluding carboxylic acids is 1. The second kappa shape index (κ2) is 13.3. The van der Waals surface area contributed by atoms with Crippen molar-refractivity contribution in [2.45, 2.75) is 99.2 Å².